The zero-order valence-electron chi connectivity index (χ0n) is 12.7. The van der Waals surface area contributed by atoms with Gasteiger partial charge in [-0.2, -0.15) is 5.10 Å². The summed E-state index contributed by atoms with van der Waals surface area (Å²) in [6.07, 6.45) is 4.00. The lowest BCUT2D eigenvalue weighted by Crippen LogP contribution is -2.13. The number of rotatable bonds is 2. The number of nitrogens with zero attached hydrogens (tertiary/aromatic N) is 3. The summed E-state index contributed by atoms with van der Waals surface area (Å²) in [4.78, 5) is 18.4. The Kier molecular flexibility index (Phi) is 3.12. The minimum absolute atomic E-state index is 0.136. The normalized spacial score (nSPS) is 11.2. The first-order valence-electron chi connectivity index (χ1n) is 7.23. The highest BCUT2D eigenvalue weighted by Crippen LogP contribution is 2.34. The van der Waals surface area contributed by atoms with Crippen molar-refractivity contribution in [3.8, 4) is 21.1 Å². The van der Waals surface area contributed by atoms with Gasteiger partial charge < -0.3 is 4.40 Å². The van der Waals surface area contributed by atoms with Crippen LogP contribution in [0.25, 0.3) is 26.8 Å². The Morgan fingerprint density at radius 3 is 2.74 bits per heavy atom. The van der Waals surface area contributed by atoms with E-state index in [1.807, 2.05) is 61.0 Å². The average Bonchev–Trinajstić information content (AvgIpc) is 3.19. The van der Waals surface area contributed by atoms with E-state index in [1.165, 1.54) is 0 Å². The summed E-state index contributed by atoms with van der Waals surface area (Å²) in [5.74, 6) is 0. The van der Waals surface area contributed by atoms with Crippen LogP contribution < -0.4 is 5.56 Å². The Morgan fingerprint density at radius 1 is 1.09 bits per heavy atom. The molecule has 0 saturated heterocycles. The third-order valence-corrected chi connectivity index (χ3v) is 5.10. The topological polar surface area (TPSA) is 63.1 Å². The molecule has 0 fully saturated rings. The predicted molar refractivity (Wildman–Crippen MR) is 91.8 cm³/mol. The Morgan fingerprint density at radius 2 is 1.91 bits per heavy atom. The number of hydrogen-bond acceptors (Lipinski definition) is 4. The number of hydrogen-bond donors (Lipinski definition) is 1. The lowest BCUT2D eigenvalue weighted by atomic mass is 10.1. The molecule has 0 aliphatic rings. The van der Waals surface area contributed by atoms with Crippen molar-refractivity contribution >= 4 is 17.0 Å². The minimum atomic E-state index is -0.136. The van der Waals surface area contributed by atoms with Crippen molar-refractivity contribution < 1.29 is 0 Å². The molecule has 0 spiro atoms. The van der Waals surface area contributed by atoms with Crippen LogP contribution in [0.5, 0.6) is 0 Å². The highest BCUT2D eigenvalue weighted by Gasteiger charge is 2.13. The molecule has 0 aliphatic heterocycles. The molecule has 0 saturated carbocycles. The molecule has 0 aliphatic carbocycles. The van der Waals surface area contributed by atoms with Crippen LogP contribution in [-0.2, 0) is 0 Å². The summed E-state index contributed by atoms with van der Waals surface area (Å²) in [5, 5.41) is 6.77. The van der Waals surface area contributed by atoms with E-state index in [9.17, 15) is 4.79 Å². The fourth-order valence-electron chi connectivity index (χ4n) is 2.52. The summed E-state index contributed by atoms with van der Waals surface area (Å²) in [5.41, 5.74) is 4.17. The van der Waals surface area contributed by atoms with Crippen molar-refractivity contribution in [1.82, 2.24) is 19.6 Å². The fourth-order valence-corrected chi connectivity index (χ4v) is 3.53. The van der Waals surface area contributed by atoms with E-state index in [-0.39, 0.29) is 5.56 Å². The molecule has 0 unspecified atom stereocenters. The summed E-state index contributed by atoms with van der Waals surface area (Å²) >= 11 is 1.62. The molecule has 0 bridgehead atoms. The van der Waals surface area contributed by atoms with Gasteiger partial charge in [0.15, 0.2) is 0 Å². The first-order valence-corrected chi connectivity index (χ1v) is 8.05. The van der Waals surface area contributed by atoms with Crippen LogP contribution >= 0.6 is 11.3 Å². The van der Waals surface area contributed by atoms with Crippen molar-refractivity contribution in [2.75, 3.05) is 0 Å². The van der Waals surface area contributed by atoms with E-state index in [2.05, 4.69) is 15.2 Å². The van der Waals surface area contributed by atoms with E-state index in [0.29, 0.717) is 5.56 Å². The second-order valence-electron chi connectivity index (χ2n) is 5.41. The Bertz CT molecular complexity index is 1040. The monoisotopic (exact) mass is 322 g/mol. The molecule has 1 N–H and O–H groups in total. The number of aromatic amines is 1. The van der Waals surface area contributed by atoms with Gasteiger partial charge in [-0.15, -0.1) is 11.3 Å². The highest BCUT2D eigenvalue weighted by molar-refractivity contribution is 7.18. The van der Waals surface area contributed by atoms with E-state index in [4.69, 9.17) is 0 Å². The van der Waals surface area contributed by atoms with Crippen molar-refractivity contribution in [2.45, 2.75) is 13.8 Å². The molecule has 0 amide bonds. The van der Waals surface area contributed by atoms with Gasteiger partial charge >= 0.3 is 0 Å². The van der Waals surface area contributed by atoms with Crippen molar-refractivity contribution in [2.24, 2.45) is 0 Å². The van der Waals surface area contributed by atoms with E-state index < -0.39 is 0 Å². The second-order valence-corrected chi connectivity index (χ2v) is 6.49. The Balaban J connectivity index is 1.80. The first-order chi connectivity index (χ1) is 11.1. The van der Waals surface area contributed by atoms with E-state index in [1.54, 1.807) is 11.3 Å². The maximum Gasteiger partial charge on any atom is 0.267 e. The standard InChI is InChI=1S/C17H14N4OS/c1-10-11(2)17(22)20-19-16(10)14-7-6-13(23-14)12-9-21-8-4-3-5-15(21)18-12/h3-9H,1-2H3,(H,20,22). The van der Waals surface area contributed by atoms with Gasteiger partial charge in [-0.25, -0.2) is 10.1 Å². The summed E-state index contributed by atoms with van der Waals surface area (Å²) in [6, 6.07) is 10.0. The number of aromatic nitrogens is 4. The van der Waals surface area contributed by atoms with Crippen LogP contribution in [0.3, 0.4) is 0 Å². The van der Waals surface area contributed by atoms with Crippen LogP contribution in [-0.4, -0.2) is 19.6 Å². The van der Waals surface area contributed by atoms with E-state index >= 15 is 0 Å². The summed E-state index contributed by atoms with van der Waals surface area (Å²) in [7, 11) is 0. The zero-order valence-corrected chi connectivity index (χ0v) is 13.5. The third-order valence-electron chi connectivity index (χ3n) is 3.98. The zero-order chi connectivity index (χ0) is 16.0. The van der Waals surface area contributed by atoms with Gasteiger partial charge in [0.2, 0.25) is 0 Å². The van der Waals surface area contributed by atoms with Gasteiger partial charge in [-0.3, -0.25) is 4.79 Å². The molecule has 6 heteroatoms. The predicted octanol–water partition coefficient (Wildman–Crippen LogP) is 3.43. The van der Waals surface area contributed by atoms with Crippen LogP contribution in [0.2, 0.25) is 0 Å². The molecule has 4 aromatic rings. The number of nitrogens with one attached hydrogen (secondary N) is 1. The molecule has 0 radical (unpaired) electrons. The lowest BCUT2D eigenvalue weighted by Gasteiger charge is -2.03. The third kappa shape index (κ3) is 2.27. The van der Waals surface area contributed by atoms with Gasteiger partial charge in [0, 0.05) is 18.0 Å². The first kappa shape index (κ1) is 13.9. The van der Waals surface area contributed by atoms with Crippen LogP contribution in [0.1, 0.15) is 11.1 Å². The SMILES string of the molecule is Cc1c(-c2ccc(-c3cn4ccccc4n3)s2)n[nH]c(=O)c1C. The average molecular weight is 322 g/mol. The van der Waals surface area contributed by atoms with Crippen molar-refractivity contribution in [3.05, 3.63) is 64.2 Å². The highest BCUT2D eigenvalue weighted by atomic mass is 32.1. The number of pyridine rings is 1. The molecule has 4 rings (SSSR count). The van der Waals surface area contributed by atoms with E-state index in [0.717, 1.165) is 32.4 Å². The molecule has 114 valence electrons. The van der Waals surface area contributed by atoms with Crippen LogP contribution in [0.4, 0.5) is 0 Å². The number of H-pyrrole nitrogens is 1. The number of fused-ring (bicyclic) bond motifs is 1. The smallest absolute Gasteiger partial charge is 0.267 e. The quantitative estimate of drug-likeness (QED) is 0.615. The molecular formula is C17H14N4OS. The molecule has 23 heavy (non-hydrogen) atoms. The fraction of sp³-hybridized carbons (Fsp3) is 0.118. The van der Waals surface area contributed by atoms with Crippen molar-refractivity contribution in [3.63, 3.8) is 0 Å². The maximum atomic E-state index is 11.6. The Labute approximate surface area is 136 Å². The lowest BCUT2D eigenvalue weighted by molar-refractivity contribution is 0.961. The minimum Gasteiger partial charge on any atom is -0.306 e. The molecule has 4 heterocycles. The molecule has 0 atom stereocenters. The molecule has 0 aromatic carbocycles. The summed E-state index contributed by atoms with van der Waals surface area (Å²) < 4.78 is 2.00. The molecule has 5 nitrogen and oxygen atoms in total. The van der Waals surface area contributed by atoms with Gasteiger partial charge in [-0.1, -0.05) is 6.07 Å². The molecule has 4 aromatic heterocycles. The number of thiophene rings is 1. The van der Waals surface area contributed by atoms with Gasteiger partial charge in [0.1, 0.15) is 11.3 Å². The van der Waals surface area contributed by atoms with Crippen molar-refractivity contribution in [1.29, 1.82) is 0 Å². The molecular weight excluding hydrogens is 308 g/mol. The second kappa shape index (κ2) is 5.17. The summed E-state index contributed by atoms with van der Waals surface area (Å²) in [6.45, 7) is 3.74. The van der Waals surface area contributed by atoms with Gasteiger partial charge in [0.25, 0.3) is 5.56 Å². The largest absolute Gasteiger partial charge is 0.306 e. The Hall–Kier alpha value is -2.73. The van der Waals surface area contributed by atoms with Crippen LogP contribution in [0, 0.1) is 13.8 Å². The van der Waals surface area contributed by atoms with Gasteiger partial charge in [-0.05, 0) is 43.7 Å². The maximum absolute atomic E-state index is 11.6. The number of imidazole rings is 1. The van der Waals surface area contributed by atoms with Gasteiger partial charge in [0.05, 0.1) is 15.4 Å². The van der Waals surface area contributed by atoms with Crippen LogP contribution in [0.15, 0.2) is 47.5 Å².